The van der Waals surface area contributed by atoms with E-state index in [-0.39, 0.29) is 5.54 Å². The molecule has 5 heteroatoms. The lowest BCUT2D eigenvalue weighted by atomic mass is 9.77. The van der Waals surface area contributed by atoms with E-state index in [1.165, 1.54) is 19.5 Å². The maximum Gasteiger partial charge on any atom is 0.196 e. The van der Waals surface area contributed by atoms with Gasteiger partial charge in [0.05, 0.1) is 24.9 Å². The quantitative estimate of drug-likeness (QED) is 0.890. The van der Waals surface area contributed by atoms with E-state index in [0.29, 0.717) is 11.9 Å². The molecule has 3 atom stereocenters. The van der Waals surface area contributed by atoms with Gasteiger partial charge < -0.3 is 20.3 Å². The van der Waals surface area contributed by atoms with E-state index in [0.717, 1.165) is 30.9 Å². The second-order valence-electron chi connectivity index (χ2n) is 6.32. The molecule has 112 valence electrons. The van der Waals surface area contributed by atoms with E-state index < -0.39 is 0 Å². The fourth-order valence-corrected chi connectivity index (χ4v) is 4.30. The summed E-state index contributed by atoms with van der Waals surface area (Å²) in [6.45, 7) is 4.35. The number of para-hydroxylation sites is 2. The van der Waals surface area contributed by atoms with Gasteiger partial charge in [-0.25, -0.2) is 0 Å². The molecule has 3 unspecified atom stereocenters. The van der Waals surface area contributed by atoms with Crippen LogP contribution in [0.1, 0.15) is 12.8 Å². The fourth-order valence-electron chi connectivity index (χ4n) is 4.30. The first-order valence-electron chi connectivity index (χ1n) is 7.70. The molecule has 3 heterocycles. The summed E-state index contributed by atoms with van der Waals surface area (Å²) in [6, 6.07) is 8.13. The van der Waals surface area contributed by atoms with Gasteiger partial charge in [-0.1, -0.05) is 12.1 Å². The average molecular weight is 286 g/mol. The van der Waals surface area contributed by atoms with Crippen molar-refractivity contribution in [2.24, 2.45) is 16.6 Å². The van der Waals surface area contributed by atoms with Gasteiger partial charge in [0.1, 0.15) is 5.75 Å². The van der Waals surface area contributed by atoms with Gasteiger partial charge in [-0.05, 0) is 37.4 Å². The SMILES string of the molecule is COc1ccccc1N1C(N)=NCC12CCN1CCC2C1. The first kappa shape index (κ1) is 13.0. The van der Waals surface area contributed by atoms with Crippen molar-refractivity contribution in [1.82, 2.24) is 4.90 Å². The lowest BCUT2D eigenvalue weighted by Gasteiger charge is -2.46. The number of nitrogens with zero attached hydrogens (tertiary/aromatic N) is 3. The summed E-state index contributed by atoms with van der Waals surface area (Å²) in [5, 5.41) is 0. The number of rotatable bonds is 2. The van der Waals surface area contributed by atoms with E-state index in [2.05, 4.69) is 20.9 Å². The number of hydrogen-bond acceptors (Lipinski definition) is 5. The number of benzene rings is 1. The Bertz CT molecular complexity index is 587. The van der Waals surface area contributed by atoms with Crippen molar-refractivity contribution in [3.63, 3.8) is 0 Å². The molecule has 2 saturated heterocycles. The Labute approximate surface area is 125 Å². The lowest BCUT2D eigenvalue weighted by Crippen LogP contribution is -2.60. The number of fused-ring (bicyclic) bond motifs is 3. The van der Waals surface area contributed by atoms with Gasteiger partial charge >= 0.3 is 0 Å². The Balaban J connectivity index is 1.79. The highest BCUT2D eigenvalue weighted by atomic mass is 16.5. The Morgan fingerprint density at radius 2 is 2.19 bits per heavy atom. The minimum atomic E-state index is 0.0473. The summed E-state index contributed by atoms with van der Waals surface area (Å²) >= 11 is 0. The number of hydrogen-bond donors (Lipinski definition) is 1. The Kier molecular flexibility index (Phi) is 2.85. The maximum absolute atomic E-state index is 6.28. The van der Waals surface area contributed by atoms with Crippen molar-refractivity contribution < 1.29 is 4.74 Å². The summed E-state index contributed by atoms with van der Waals surface area (Å²) in [6.07, 6.45) is 2.37. The van der Waals surface area contributed by atoms with E-state index in [9.17, 15) is 0 Å². The maximum atomic E-state index is 6.28. The zero-order valence-corrected chi connectivity index (χ0v) is 12.5. The molecular formula is C16H22N4O. The number of ether oxygens (including phenoxy) is 1. The molecule has 2 bridgehead atoms. The van der Waals surface area contributed by atoms with Gasteiger partial charge in [0.15, 0.2) is 5.96 Å². The van der Waals surface area contributed by atoms with Crippen LogP contribution in [0.25, 0.3) is 0 Å². The topological polar surface area (TPSA) is 54.1 Å². The lowest BCUT2D eigenvalue weighted by molar-refractivity contribution is 0.181. The molecule has 1 aromatic carbocycles. The number of piperidine rings is 1. The van der Waals surface area contributed by atoms with Crippen molar-refractivity contribution in [2.75, 3.05) is 38.2 Å². The second kappa shape index (κ2) is 4.63. The summed E-state index contributed by atoms with van der Waals surface area (Å²) in [5.41, 5.74) is 7.38. The van der Waals surface area contributed by atoms with Crippen molar-refractivity contribution in [3.8, 4) is 5.75 Å². The van der Waals surface area contributed by atoms with Gasteiger partial charge in [0, 0.05) is 13.1 Å². The fraction of sp³-hybridized carbons (Fsp3) is 0.562. The third-order valence-electron chi connectivity index (χ3n) is 5.41. The molecule has 3 aliphatic heterocycles. The number of nitrogens with two attached hydrogens (primary N) is 1. The van der Waals surface area contributed by atoms with Crippen LogP contribution in [0.4, 0.5) is 5.69 Å². The van der Waals surface area contributed by atoms with Crippen molar-refractivity contribution in [1.29, 1.82) is 0 Å². The van der Waals surface area contributed by atoms with Gasteiger partial charge in [-0.3, -0.25) is 4.99 Å². The Hall–Kier alpha value is -1.75. The number of methoxy groups -OCH3 is 1. The van der Waals surface area contributed by atoms with Crippen LogP contribution in [0.2, 0.25) is 0 Å². The molecule has 1 spiro atoms. The molecule has 2 fully saturated rings. The zero-order chi connectivity index (χ0) is 14.4. The first-order valence-corrected chi connectivity index (χ1v) is 7.70. The largest absolute Gasteiger partial charge is 0.495 e. The van der Waals surface area contributed by atoms with Gasteiger partial charge in [0.2, 0.25) is 0 Å². The number of guanidine groups is 1. The van der Waals surface area contributed by atoms with Crippen molar-refractivity contribution in [2.45, 2.75) is 18.4 Å². The van der Waals surface area contributed by atoms with Gasteiger partial charge in [-0.15, -0.1) is 0 Å². The molecule has 1 aromatic rings. The summed E-state index contributed by atoms with van der Waals surface area (Å²) in [7, 11) is 1.72. The van der Waals surface area contributed by atoms with E-state index in [1.807, 2.05) is 18.2 Å². The zero-order valence-electron chi connectivity index (χ0n) is 12.5. The molecule has 2 N–H and O–H groups in total. The van der Waals surface area contributed by atoms with Crippen LogP contribution in [-0.4, -0.2) is 49.7 Å². The summed E-state index contributed by atoms with van der Waals surface area (Å²) in [4.78, 5) is 9.43. The first-order chi connectivity index (χ1) is 10.2. The number of anilines is 1. The third-order valence-corrected chi connectivity index (χ3v) is 5.41. The molecule has 5 nitrogen and oxygen atoms in total. The summed E-state index contributed by atoms with van der Waals surface area (Å²) < 4.78 is 5.56. The molecule has 21 heavy (non-hydrogen) atoms. The number of aliphatic imine (C=N–C) groups is 1. The van der Waals surface area contributed by atoms with Crippen LogP contribution in [0.15, 0.2) is 29.3 Å². The molecule has 3 aliphatic rings. The Morgan fingerprint density at radius 3 is 3.05 bits per heavy atom. The minimum Gasteiger partial charge on any atom is -0.495 e. The predicted molar refractivity (Wildman–Crippen MR) is 83.9 cm³/mol. The van der Waals surface area contributed by atoms with Crippen LogP contribution in [0.5, 0.6) is 5.75 Å². The third kappa shape index (κ3) is 1.77. The van der Waals surface area contributed by atoms with Crippen LogP contribution in [0.3, 0.4) is 0 Å². The molecular weight excluding hydrogens is 264 g/mol. The molecule has 0 radical (unpaired) electrons. The molecule has 0 aromatic heterocycles. The van der Waals surface area contributed by atoms with Crippen LogP contribution in [-0.2, 0) is 0 Å². The Morgan fingerprint density at radius 1 is 1.33 bits per heavy atom. The van der Waals surface area contributed by atoms with E-state index in [1.54, 1.807) is 7.11 Å². The van der Waals surface area contributed by atoms with E-state index >= 15 is 0 Å². The highest BCUT2D eigenvalue weighted by Crippen LogP contribution is 2.46. The van der Waals surface area contributed by atoms with Gasteiger partial charge in [0.25, 0.3) is 0 Å². The van der Waals surface area contributed by atoms with Crippen LogP contribution in [0, 0.1) is 5.92 Å². The molecule has 0 amide bonds. The minimum absolute atomic E-state index is 0.0473. The van der Waals surface area contributed by atoms with Gasteiger partial charge in [-0.2, -0.15) is 0 Å². The highest BCUT2D eigenvalue weighted by molar-refractivity contribution is 5.99. The second-order valence-corrected chi connectivity index (χ2v) is 6.32. The van der Waals surface area contributed by atoms with Crippen molar-refractivity contribution in [3.05, 3.63) is 24.3 Å². The molecule has 0 saturated carbocycles. The molecule has 4 rings (SSSR count). The summed E-state index contributed by atoms with van der Waals surface area (Å²) in [5.74, 6) is 2.15. The monoisotopic (exact) mass is 286 g/mol. The standard InChI is InChI=1S/C16H22N4O/c1-21-14-5-3-2-4-13(14)20-15(17)18-11-16(20)7-9-19-8-6-12(16)10-19/h2-5,12H,6-11H2,1H3,(H2,17,18). The van der Waals surface area contributed by atoms with E-state index in [4.69, 9.17) is 10.5 Å². The normalized spacial score (nSPS) is 34.3. The predicted octanol–water partition coefficient (Wildman–Crippen LogP) is 1.29. The van der Waals surface area contributed by atoms with Crippen molar-refractivity contribution >= 4 is 11.6 Å². The van der Waals surface area contributed by atoms with Crippen LogP contribution >= 0.6 is 0 Å². The highest BCUT2D eigenvalue weighted by Gasteiger charge is 2.53. The molecule has 0 aliphatic carbocycles. The smallest absolute Gasteiger partial charge is 0.196 e. The average Bonchev–Trinajstić information content (AvgIpc) is 3.06. The van der Waals surface area contributed by atoms with Crippen LogP contribution < -0.4 is 15.4 Å².